The summed E-state index contributed by atoms with van der Waals surface area (Å²) in [6, 6.07) is 8.49. The summed E-state index contributed by atoms with van der Waals surface area (Å²) in [7, 11) is 0. The van der Waals surface area contributed by atoms with Crippen molar-refractivity contribution in [2.75, 3.05) is 13.1 Å². The molecule has 2 rings (SSSR count). The molecule has 1 heterocycles. The topological polar surface area (TPSA) is 32.3 Å². The third-order valence-corrected chi connectivity index (χ3v) is 3.09. The maximum Gasteiger partial charge on any atom is 0.234 e. The molecule has 18 heavy (non-hydrogen) atoms. The van der Waals surface area contributed by atoms with Crippen molar-refractivity contribution in [1.29, 1.82) is 0 Å². The number of hydrogen-bond acceptors (Lipinski definition) is 2. The summed E-state index contributed by atoms with van der Waals surface area (Å²) < 4.78 is 0. The zero-order valence-electron chi connectivity index (χ0n) is 11.5. The largest absolute Gasteiger partial charge is 0.350 e. The van der Waals surface area contributed by atoms with E-state index in [0.717, 1.165) is 19.5 Å². The molecule has 0 unspecified atom stereocenters. The van der Waals surface area contributed by atoms with Crippen LogP contribution < -0.4 is 5.32 Å². The molecule has 3 nitrogen and oxygen atoms in total. The Labute approximate surface area is 109 Å². The molecule has 1 aromatic rings. The van der Waals surface area contributed by atoms with Crippen molar-refractivity contribution in [3.05, 3.63) is 35.4 Å². The second-order valence-corrected chi connectivity index (χ2v) is 6.03. The lowest BCUT2D eigenvalue weighted by atomic mass is 10.00. The van der Waals surface area contributed by atoms with E-state index in [9.17, 15) is 4.79 Å². The van der Waals surface area contributed by atoms with Crippen molar-refractivity contribution in [2.24, 2.45) is 0 Å². The third kappa shape index (κ3) is 3.57. The van der Waals surface area contributed by atoms with Crippen LogP contribution in [0.3, 0.4) is 0 Å². The van der Waals surface area contributed by atoms with Gasteiger partial charge in [-0.1, -0.05) is 24.3 Å². The van der Waals surface area contributed by atoms with Gasteiger partial charge in [0.05, 0.1) is 6.54 Å². The lowest BCUT2D eigenvalue weighted by Crippen LogP contribution is -2.46. The summed E-state index contributed by atoms with van der Waals surface area (Å²) in [5.74, 6) is 0.113. The fraction of sp³-hybridized carbons (Fsp3) is 0.533. The van der Waals surface area contributed by atoms with Gasteiger partial charge in [0.15, 0.2) is 0 Å². The molecule has 1 aliphatic rings. The number of hydrogen-bond donors (Lipinski definition) is 1. The van der Waals surface area contributed by atoms with Crippen LogP contribution in [0.1, 0.15) is 31.9 Å². The number of benzene rings is 1. The van der Waals surface area contributed by atoms with Crippen LogP contribution in [0, 0.1) is 0 Å². The molecule has 0 radical (unpaired) electrons. The summed E-state index contributed by atoms with van der Waals surface area (Å²) in [6.45, 7) is 8.37. The van der Waals surface area contributed by atoms with Crippen molar-refractivity contribution in [3.8, 4) is 0 Å². The first-order valence-corrected chi connectivity index (χ1v) is 6.54. The lowest BCUT2D eigenvalue weighted by molar-refractivity contribution is -0.123. The van der Waals surface area contributed by atoms with E-state index < -0.39 is 0 Å². The molecule has 0 saturated heterocycles. The molecule has 3 heteroatoms. The number of carbonyl (C=O) groups excluding carboxylic acids is 1. The van der Waals surface area contributed by atoms with Gasteiger partial charge in [0, 0.05) is 18.6 Å². The van der Waals surface area contributed by atoms with Gasteiger partial charge in [0.1, 0.15) is 0 Å². The zero-order valence-corrected chi connectivity index (χ0v) is 11.5. The first-order valence-electron chi connectivity index (χ1n) is 6.54. The minimum atomic E-state index is -0.148. The van der Waals surface area contributed by atoms with Gasteiger partial charge in [-0.2, -0.15) is 0 Å². The van der Waals surface area contributed by atoms with E-state index in [0.29, 0.717) is 6.54 Å². The Hall–Kier alpha value is -1.35. The highest BCUT2D eigenvalue weighted by Gasteiger charge is 2.20. The summed E-state index contributed by atoms with van der Waals surface area (Å²) >= 11 is 0. The van der Waals surface area contributed by atoms with Gasteiger partial charge in [0.25, 0.3) is 0 Å². The van der Waals surface area contributed by atoms with E-state index >= 15 is 0 Å². The first kappa shape index (κ1) is 13.1. The van der Waals surface area contributed by atoms with Crippen molar-refractivity contribution in [2.45, 2.75) is 39.3 Å². The lowest BCUT2D eigenvalue weighted by Gasteiger charge is -2.29. The quantitative estimate of drug-likeness (QED) is 0.865. The highest BCUT2D eigenvalue weighted by Crippen LogP contribution is 2.17. The Morgan fingerprint density at radius 3 is 2.61 bits per heavy atom. The highest BCUT2D eigenvalue weighted by molar-refractivity contribution is 5.78. The molecule has 1 aromatic carbocycles. The van der Waals surface area contributed by atoms with Crippen molar-refractivity contribution >= 4 is 5.91 Å². The third-order valence-electron chi connectivity index (χ3n) is 3.09. The van der Waals surface area contributed by atoms with Gasteiger partial charge < -0.3 is 5.32 Å². The van der Waals surface area contributed by atoms with Crippen molar-refractivity contribution in [3.63, 3.8) is 0 Å². The van der Waals surface area contributed by atoms with Gasteiger partial charge in [-0.25, -0.2) is 0 Å². The average Bonchev–Trinajstić information content (AvgIpc) is 2.26. The molecule has 0 fully saturated rings. The Balaban J connectivity index is 1.92. The van der Waals surface area contributed by atoms with Crippen LogP contribution in [0.4, 0.5) is 0 Å². The number of fused-ring (bicyclic) bond motifs is 1. The average molecular weight is 246 g/mol. The van der Waals surface area contributed by atoms with Crippen LogP contribution >= 0.6 is 0 Å². The fourth-order valence-corrected chi connectivity index (χ4v) is 2.35. The second kappa shape index (κ2) is 5.11. The second-order valence-electron chi connectivity index (χ2n) is 6.03. The van der Waals surface area contributed by atoms with Crippen LogP contribution in [-0.4, -0.2) is 29.4 Å². The van der Waals surface area contributed by atoms with Crippen LogP contribution in [0.5, 0.6) is 0 Å². The van der Waals surface area contributed by atoms with E-state index in [4.69, 9.17) is 0 Å². The smallest absolute Gasteiger partial charge is 0.234 e. The van der Waals surface area contributed by atoms with Gasteiger partial charge in [-0.15, -0.1) is 0 Å². The molecule has 98 valence electrons. The summed E-state index contributed by atoms with van der Waals surface area (Å²) in [5, 5.41) is 3.01. The molecule has 0 aliphatic carbocycles. The SMILES string of the molecule is CC(C)(C)NC(=O)CN1CCc2ccccc2C1. The van der Waals surface area contributed by atoms with E-state index in [1.807, 2.05) is 20.8 Å². The minimum absolute atomic E-state index is 0.113. The Bertz CT molecular complexity index is 434. The summed E-state index contributed by atoms with van der Waals surface area (Å²) in [5.41, 5.74) is 2.63. The minimum Gasteiger partial charge on any atom is -0.350 e. The standard InChI is InChI=1S/C15H22N2O/c1-15(2,3)16-14(18)11-17-9-8-12-6-4-5-7-13(12)10-17/h4-7H,8-11H2,1-3H3,(H,16,18). The van der Waals surface area contributed by atoms with Crippen molar-refractivity contribution in [1.82, 2.24) is 10.2 Å². The van der Waals surface area contributed by atoms with E-state index in [1.165, 1.54) is 11.1 Å². The molecule has 0 aromatic heterocycles. The maximum atomic E-state index is 11.9. The highest BCUT2D eigenvalue weighted by atomic mass is 16.2. The summed E-state index contributed by atoms with van der Waals surface area (Å²) in [6.07, 6.45) is 1.04. The van der Waals surface area contributed by atoms with Gasteiger partial charge in [-0.3, -0.25) is 9.69 Å². The Kier molecular flexibility index (Phi) is 3.71. The predicted molar refractivity (Wildman–Crippen MR) is 73.3 cm³/mol. The molecular weight excluding hydrogens is 224 g/mol. The Morgan fingerprint density at radius 2 is 1.94 bits per heavy atom. The van der Waals surface area contributed by atoms with Crippen LogP contribution in [0.2, 0.25) is 0 Å². The molecule has 0 spiro atoms. The van der Waals surface area contributed by atoms with Gasteiger partial charge >= 0.3 is 0 Å². The number of nitrogens with one attached hydrogen (secondary N) is 1. The monoisotopic (exact) mass is 246 g/mol. The van der Waals surface area contributed by atoms with Crippen LogP contribution in [0.25, 0.3) is 0 Å². The van der Waals surface area contributed by atoms with Crippen molar-refractivity contribution < 1.29 is 4.79 Å². The molecule has 1 amide bonds. The van der Waals surface area contributed by atoms with Crippen LogP contribution in [0.15, 0.2) is 24.3 Å². The molecule has 0 saturated carbocycles. The first-order chi connectivity index (χ1) is 8.44. The van der Waals surface area contributed by atoms with Gasteiger partial charge in [-0.05, 0) is 38.3 Å². The predicted octanol–water partition coefficient (Wildman–Crippen LogP) is 1.96. The number of carbonyl (C=O) groups is 1. The van der Waals surface area contributed by atoms with Crippen LogP contribution in [-0.2, 0) is 17.8 Å². The number of rotatable bonds is 2. The summed E-state index contributed by atoms with van der Waals surface area (Å²) in [4.78, 5) is 14.1. The number of amides is 1. The molecule has 1 N–H and O–H groups in total. The zero-order chi connectivity index (χ0) is 13.2. The number of nitrogens with zero attached hydrogens (tertiary/aromatic N) is 1. The van der Waals surface area contributed by atoms with Gasteiger partial charge in [0.2, 0.25) is 5.91 Å². The van der Waals surface area contributed by atoms with E-state index in [1.54, 1.807) is 0 Å². The van der Waals surface area contributed by atoms with E-state index in [2.05, 4.69) is 34.5 Å². The molecule has 1 aliphatic heterocycles. The Morgan fingerprint density at radius 1 is 1.28 bits per heavy atom. The molecule has 0 bridgehead atoms. The maximum absolute atomic E-state index is 11.9. The fourth-order valence-electron chi connectivity index (χ4n) is 2.35. The molecule has 0 atom stereocenters. The van der Waals surface area contributed by atoms with E-state index in [-0.39, 0.29) is 11.4 Å². The molecular formula is C15H22N2O. The normalized spacial score (nSPS) is 16.2.